The summed E-state index contributed by atoms with van der Waals surface area (Å²) >= 11 is 5.90. The van der Waals surface area contributed by atoms with Crippen molar-refractivity contribution in [2.45, 2.75) is 4.90 Å². The maximum atomic E-state index is 12.6. The Labute approximate surface area is 157 Å². The average Bonchev–Trinajstić information content (AvgIpc) is 2.62. The van der Waals surface area contributed by atoms with Gasteiger partial charge in [-0.15, -0.1) is 0 Å². The zero-order valence-electron chi connectivity index (χ0n) is 14.5. The Kier molecular flexibility index (Phi) is 5.49. The first-order chi connectivity index (χ1) is 12.4. The lowest BCUT2D eigenvalue weighted by Crippen LogP contribution is -2.37. The SMILES string of the molecule is CN(C)c1nc(N2CCOCC2)ncc1NS(=O)(=O)c1cccc(Cl)c1. The van der Waals surface area contributed by atoms with Crippen LogP contribution in [0.1, 0.15) is 0 Å². The van der Waals surface area contributed by atoms with Crippen molar-refractivity contribution >= 4 is 39.1 Å². The van der Waals surface area contributed by atoms with Crippen LogP contribution >= 0.6 is 11.6 Å². The molecule has 1 aliphatic rings. The van der Waals surface area contributed by atoms with Crippen molar-refractivity contribution in [3.05, 3.63) is 35.5 Å². The fourth-order valence-corrected chi connectivity index (χ4v) is 3.88. The number of hydrogen-bond donors (Lipinski definition) is 1. The molecular formula is C16H20ClN5O3S. The number of benzene rings is 1. The van der Waals surface area contributed by atoms with Gasteiger partial charge in [0.1, 0.15) is 5.69 Å². The molecule has 0 spiro atoms. The third kappa shape index (κ3) is 4.17. The van der Waals surface area contributed by atoms with E-state index in [1.54, 1.807) is 31.1 Å². The molecule has 1 fully saturated rings. The highest BCUT2D eigenvalue weighted by Gasteiger charge is 2.21. The van der Waals surface area contributed by atoms with Gasteiger partial charge in [0.25, 0.3) is 10.0 Å². The van der Waals surface area contributed by atoms with Crippen LogP contribution in [0, 0.1) is 0 Å². The van der Waals surface area contributed by atoms with Gasteiger partial charge in [-0.05, 0) is 18.2 Å². The zero-order chi connectivity index (χ0) is 18.7. The van der Waals surface area contributed by atoms with Crippen molar-refractivity contribution in [3.8, 4) is 0 Å². The smallest absolute Gasteiger partial charge is 0.262 e. The number of rotatable bonds is 5. The zero-order valence-corrected chi connectivity index (χ0v) is 16.1. The van der Waals surface area contributed by atoms with Gasteiger partial charge in [0.2, 0.25) is 5.95 Å². The molecule has 1 aliphatic heterocycles. The first-order valence-electron chi connectivity index (χ1n) is 8.02. The summed E-state index contributed by atoms with van der Waals surface area (Å²) in [5.74, 6) is 1.02. The van der Waals surface area contributed by atoms with Crippen LogP contribution in [-0.4, -0.2) is 58.8 Å². The minimum atomic E-state index is -3.80. The highest BCUT2D eigenvalue weighted by atomic mass is 35.5. The fraction of sp³-hybridized carbons (Fsp3) is 0.375. The van der Waals surface area contributed by atoms with Gasteiger partial charge in [0.05, 0.1) is 24.3 Å². The number of nitrogens with zero attached hydrogens (tertiary/aromatic N) is 4. The molecule has 1 aromatic carbocycles. The van der Waals surface area contributed by atoms with Crippen molar-refractivity contribution in [1.82, 2.24) is 9.97 Å². The van der Waals surface area contributed by atoms with Gasteiger partial charge in [-0.1, -0.05) is 17.7 Å². The third-order valence-corrected chi connectivity index (χ3v) is 5.42. The lowest BCUT2D eigenvalue weighted by atomic mass is 10.4. The third-order valence-electron chi connectivity index (χ3n) is 3.82. The summed E-state index contributed by atoms with van der Waals surface area (Å²) in [4.78, 5) is 12.7. The minimum absolute atomic E-state index is 0.0759. The summed E-state index contributed by atoms with van der Waals surface area (Å²) in [6.07, 6.45) is 1.48. The van der Waals surface area contributed by atoms with E-state index in [-0.39, 0.29) is 4.90 Å². The van der Waals surface area contributed by atoms with Gasteiger partial charge in [0.15, 0.2) is 5.82 Å². The number of halogens is 1. The number of anilines is 3. The molecule has 0 amide bonds. The molecule has 2 heterocycles. The van der Waals surface area contributed by atoms with Crippen molar-refractivity contribution in [1.29, 1.82) is 0 Å². The topological polar surface area (TPSA) is 87.7 Å². The van der Waals surface area contributed by atoms with E-state index in [1.807, 2.05) is 4.90 Å². The number of hydrogen-bond acceptors (Lipinski definition) is 7. The number of sulfonamides is 1. The standard InChI is InChI=1S/C16H20ClN5O3S/c1-21(2)15-14(11-18-16(19-15)22-6-8-25-9-7-22)20-26(23,24)13-5-3-4-12(17)10-13/h3-5,10-11,20H,6-9H2,1-2H3. The van der Waals surface area contributed by atoms with Crippen LogP contribution in [0.3, 0.4) is 0 Å². The molecule has 26 heavy (non-hydrogen) atoms. The second-order valence-electron chi connectivity index (χ2n) is 5.96. The first-order valence-corrected chi connectivity index (χ1v) is 9.88. The summed E-state index contributed by atoms with van der Waals surface area (Å²) in [6, 6.07) is 6.07. The van der Waals surface area contributed by atoms with Crippen LogP contribution in [0.4, 0.5) is 17.5 Å². The van der Waals surface area contributed by atoms with E-state index in [1.165, 1.54) is 18.3 Å². The minimum Gasteiger partial charge on any atom is -0.378 e. The monoisotopic (exact) mass is 397 g/mol. The van der Waals surface area contributed by atoms with E-state index in [2.05, 4.69) is 14.7 Å². The Morgan fingerprint density at radius 2 is 2.00 bits per heavy atom. The molecule has 0 bridgehead atoms. The fourth-order valence-electron chi connectivity index (χ4n) is 2.53. The molecule has 0 aliphatic carbocycles. The van der Waals surface area contributed by atoms with Gasteiger partial charge in [-0.25, -0.2) is 13.4 Å². The van der Waals surface area contributed by atoms with Crippen LogP contribution in [-0.2, 0) is 14.8 Å². The molecule has 10 heteroatoms. The van der Waals surface area contributed by atoms with Crippen molar-refractivity contribution in [2.24, 2.45) is 0 Å². The van der Waals surface area contributed by atoms with E-state index < -0.39 is 10.0 Å². The lowest BCUT2D eigenvalue weighted by Gasteiger charge is -2.28. The van der Waals surface area contributed by atoms with E-state index in [0.717, 1.165) is 0 Å². The number of ether oxygens (including phenoxy) is 1. The van der Waals surface area contributed by atoms with Crippen LogP contribution in [0.5, 0.6) is 0 Å². The molecule has 2 aromatic rings. The highest BCUT2D eigenvalue weighted by Crippen LogP contribution is 2.27. The summed E-state index contributed by atoms with van der Waals surface area (Å²) in [7, 11) is -0.216. The quantitative estimate of drug-likeness (QED) is 0.823. The predicted octanol–water partition coefficient (Wildman–Crippen LogP) is 1.83. The van der Waals surface area contributed by atoms with Crippen LogP contribution in [0.25, 0.3) is 0 Å². The molecule has 3 rings (SSSR count). The molecule has 0 atom stereocenters. The molecule has 0 radical (unpaired) electrons. The first kappa shape index (κ1) is 18.7. The molecular weight excluding hydrogens is 378 g/mol. The van der Waals surface area contributed by atoms with E-state index in [4.69, 9.17) is 16.3 Å². The number of aromatic nitrogens is 2. The van der Waals surface area contributed by atoms with Crippen molar-refractivity contribution < 1.29 is 13.2 Å². The lowest BCUT2D eigenvalue weighted by molar-refractivity contribution is 0.122. The Hall–Kier alpha value is -2.10. The van der Waals surface area contributed by atoms with Crippen LogP contribution in [0.15, 0.2) is 35.4 Å². The Morgan fingerprint density at radius 1 is 1.27 bits per heavy atom. The molecule has 1 N–H and O–H groups in total. The summed E-state index contributed by atoms with van der Waals surface area (Å²) in [6.45, 7) is 2.62. The maximum absolute atomic E-state index is 12.6. The van der Waals surface area contributed by atoms with E-state index >= 15 is 0 Å². The van der Waals surface area contributed by atoms with E-state index in [9.17, 15) is 8.42 Å². The second-order valence-corrected chi connectivity index (χ2v) is 8.08. The Balaban J connectivity index is 1.91. The molecule has 0 unspecified atom stereocenters. The van der Waals surface area contributed by atoms with Gasteiger partial charge >= 0.3 is 0 Å². The Morgan fingerprint density at radius 3 is 2.65 bits per heavy atom. The highest BCUT2D eigenvalue weighted by molar-refractivity contribution is 7.92. The molecule has 140 valence electrons. The van der Waals surface area contributed by atoms with Crippen LogP contribution < -0.4 is 14.5 Å². The molecule has 1 aromatic heterocycles. The average molecular weight is 398 g/mol. The van der Waals surface area contributed by atoms with E-state index in [0.29, 0.717) is 48.8 Å². The number of morpholine rings is 1. The summed E-state index contributed by atoms with van der Waals surface area (Å²) < 4.78 is 33.2. The summed E-state index contributed by atoms with van der Waals surface area (Å²) in [5, 5.41) is 0.347. The maximum Gasteiger partial charge on any atom is 0.262 e. The largest absolute Gasteiger partial charge is 0.378 e. The predicted molar refractivity (Wildman–Crippen MR) is 102 cm³/mol. The van der Waals surface area contributed by atoms with Gasteiger partial charge in [-0.3, -0.25) is 4.72 Å². The van der Waals surface area contributed by atoms with Gasteiger partial charge < -0.3 is 14.5 Å². The molecule has 8 nitrogen and oxygen atoms in total. The normalized spacial score (nSPS) is 15.0. The van der Waals surface area contributed by atoms with Gasteiger partial charge in [0, 0.05) is 32.2 Å². The van der Waals surface area contributed by atoms with Crippen molar-refractivity contribution in [2.75, 3.05) is 54.9 Å². The van der Waals surface area contributed by atoms with Crippen LogP contribution in [0.2, 0.25) is 5.02 Å². The van der Waals surface area contributed by atoms with Gasteiger partial charge in [-0.2, -0.15) is 4.98 Å². The summed E-state index contributed by atoms with van der Waals surface area (Å²) in [5.41, 5.74) is 0.298. The second kappa shape index (κ2) is 7.65. The molecule has 1 saturated heterocycles. The van der Waals surface area contributed by atoms with Crippen molar-refractivity contribution in [3.63, 3.8) is 0 Å². The molecule has 0 saturated carbocycles. The number of nitrogens with one attached hydrogen (secondary N) is 1. The Bertz CT molecular complexity index is 885.